The summed E-state index contributed by atoms with van der Waals surface area (Å²) in [7, 11) is 1.52. The molecule has 78 valence electrons. The fourth-order valence-corrected chi connectivity index (χ4v) is 1.20. The molecule has 0 saturated heterocycles. The first-order chi connectivity index (χ1) is 6.18. The third-order valence-corrected chi connectivity index (χ3v) is 2.11. The highest BCUT2D eigenvalue weighted by atomic mass is 16.7. The van der Waals surface area contributed by atoms with Crippen molar-refractivity contribution in [3.05, 3.63) is 10.1 Å². The van der Waals surface area contributed by atoms with E-state index in [1.165, 1.54) is 32.7 Å². The van der Waals surface area contributed by atoms with Gasteiger partial charge in [-0.15, -0.1) is 5.01 Å². The molecule has 0 saturated carbocycles. The van der Waals surface area contributed by atoms with Crippen LogP contribution in [0.15, 0.2) is 0 Å². The van der Waals surface area contributed by atoms with Gasteiger partial charge in [0.05, 0.1) is 13.6 Å². The number of hydrogen-bond donors (Lipinski definition) is 0. The van der Waals surface area contributed by atoms with Crippen LogP contribution in [0.5, 0.6) is 0 Å². The van der Waals surface area contributed by atoms with Crippen LogP contribution in [0, 0.1) is 10.1 Å². The zero-order valence-electron chi connectivity index (χ0n) is 8.66. The van der Waals surface area contributed by atoms with Crippen LogP contribution in [0.4, 0.5) is 0 Å². The molecule has 0 spiro atoms. The monoisotopic (exact) mass is 188 g/mol. The molecule has 0 aromatic rings. The predicted molar refractivity (Wildman–Crippen MR) is 53.0 cm³/mol. The molecular weight excluding hydrogens is 168 g/mol. The third kappa shape index (κ3) is 7.56. The molecule has 0 aliphatic rings. The van der Waals surface area contributed by atoms with Gasteiger partial charge >= 0.3 is 0 Å². The van der Waals surface area contributed by atoms with Crippen molar-refractivity contribution in [2.45, 2.75) is 45.4 Å². The van der Waals surface area contributed by atoms with Gasteiger partial charge in [0.15, 0.2) is 5.03 Å². The summed E-state index contributed by atoms with van der Waals surface area (Å²) < 4.78 is 0. The lowest BCUT2D eigenvalue weighted by molar-refractivity contribution is -0.648. The van der Waals surface area contributed by atoms with Gasteiger partial charge in [-0.1, -0.05) is 39.0 Å². The second kappa shape index (κ2) is 7.83. The average molecular weight is 188 g/mol. The summed E-state index contributed by atoms with van der Waals surface area (Å²) in [6.45, 7) is 2.75. The summed E-state index contributed by atoms with van der Waals surface area (Å²) in [5.74, 6) is 0. The smallest absolute Gasteiger partial charge is 0.159 e. The Morgan fingerprint density at radius 2 is 1.69 bits per heavy atom. The van der Waals surface area contributed by atoms with Gasteiger partial charge in [-0.2, -0.15) is 0 Å². The van der Waals surface area contributed by atoms with Crippen molar-refractivity contribution in [3.63, 3.8) is 0 Å². The Hall–Kier alpha value is -0.800. The molecule has 0 amide bonds. The van der Waals surface area contributed by atoms with Crippen molar-refractivity contribution in [1.29, 1.82) is 0 Å². The second-order valence-electron chi connectivity index (χ2n) is 3.39. The Labute approximate surface area is 80.0 Å². The van der Waals surface area contributed by atoms with Crippen molar-refractivity contribution >= 4 is 0 Å². The topological polar surface area (TPSA) is 46.4 Å². The lowest BCUT2D eigenvalue weighted by atomic mass is 10.1. The van der Waals surface area contributed by atoms with Gasteiger partial charge in [0.2, 0.25) is 0 Å². The Kier molecular flexibility index (Phi) is 7.35. The molecule has 13 heavy (non-hydrogen) atoms. The number of nitrogens with zero attached hydrogens (tertiary/aromatic N) is 2. The molecule has 0 heterocycles. The van der Waals surface area contributed by atoms with Crippen molar-refractivity contribution in [2.24, 2.45) is 0 Å². The lowest BCUT2D eigenvalue weighted by Gasteiger charge is -2.07. The van der Waals surface area contributed by atoms with E-state index in [0.29, 0.717) is 6.54 Å². The van der Waals surface area contributed by atoms with E-state index in [1.807, 2.05) is 0 Å². The van der Waals surface area contributed by atoms with Gasteiger partial charge in [0, 0.05) is 0 Å². The third-order valence-electron chi connectivity index (χ3n) is 2.11. The van der Waals surface area contributed by atoms with Crippen molar-refractivity contribution in [1.82, 2.24) is 5.01 Å². The molecule has 0 aromatic carbocycles. The quantitative estimate of drug-likeness (QED) is 0.334. The molecule has 4 heteroatoms. The minimum absolute atomic E-state index is 0.355. The van der Waals surface area contributed by atoms with E-state index in [-0.39, 0.29) is 5.03 Å². The molecule has 0 N–H and O–H groups in total. The minimum atomic E-state index is -0.355. The molecule has 0 aliphatic heterocycles. The fraction of sp³-hybridized carbons (Fsp3) is 1.00. The molecule has 0 atom stereocenters. The van der Waals surface area contributed by atoms with Gasteiger partial charge in [0.1, 0.15) is 0 Å². The Morgan fingerprint density at radius 3 is 2.23 bits per heavy atom. The molecule has 0 rings (SSSR count). The summed E-state index contributed by atoms with van der Waals surface area (Å²) in [6, 6.07) is 0. The second-order valence-corrected chi connectivity index (χ2v) is 3.39. The summed E-state index contributed by atoms with van der Waals surface area (Å²) in [5, 5.41) is 11.0. The molecule has 0 fully saturated rings. The summed E-state index contributed by atoms with van der Waals surface area (Å²) in [5.41, 5.74) is 0. The minimum Gasteiger partial charge on any atom is -0.235 e. The van der Waals surface area contributed by atoms with Gasteiger partial charge in [-0.05, 0) is 6.42 Å². The van der Waals surface area contributed by atoms with E-state index in [0.717, 1.165) is 17.9 Å². The first-order valence-electron chi connectivity index (χ1n) is 5.04. The first kappa shape index (κ1) is 12.2. The molecule has 0 radical (unpaired) electrons. The van der Waals surface area contributed by atoms with Crippen LogP contribution in [0.25, 0.3) is 0 Å². The number of hydrazine groups is 1. The highest BCUT2D eigenvalue weighted by Gasteiger charge is 2.04. The Balaban J connectivity index is 3.11. The average Bonchev–Trinajstić information content (AvgIpc) is 2.10. The standard InChI is InChI=1S/C9H20N2O2/c1-3-4-5-6-7-8-9-10(2)11(12)13/h3-9H2,1-2H3. The summed E-state index contributed by atoms with van der Waals surface area (Å²) >= 11 is 0. The van der Waals surface area contributed by atoms with E-state index >= 15 is 0 Å². The zero-order valence-corrected chi connectivity index (χ0v) is 8.66. The first-order valence-corrected chi connectivity index (χ1v) is 5.04. The van der Waals surface area contributed by atoms with Crippen molar-refractivity contribution in [2.75, 3.05) is 13.6 Å². The van der Waals surface area contributed by atoms with Crippen LogP contribution >= 0.6 is 0 Å². The van der Waals surface area contributed by atoms with Crippen LogP contribution < -0.4 is 0 Å². The van der Waals surface area contributed by atoms with Crippen molar-refractivity contribution < 1.29 is 5.03 Å². The summed E-state index contributed by atoms with van der Waals surface area (Å²) in [6.07, 6.45) is 7.04. The molecule has 0 aliphatic carbocycles. The number of rotatable bonds is 8. The lowest BCUT2D eigenvalue weighted by Crippen LogP contribution is -2.26. The maximum atomic E-state index is 10.2. The summed E-state index contributed by atoms with van der Waals surface area (Å²) in [4.78, 5) is 10.2. The SMILES string of the molecule is CCCCCCCCN(C)[N+](=O)[O-]. The van der Waals surface area contributed by atoms with E-state index in [9.17, 15) is 10.1 Å². The van der Waals surface area contributed by atoms with Crippen LogP contribution in [0.2, 0.25) is 0 Å². The highest BCUT2D eigenvalue weighted by Crippen LogP contribution is 2.05. The number of hydrogen-bond acceptors (Lipinski definition) is 2. The Morgan fingerprint density at radius 1 is 1.15 bits per heavy atom. The van der Waals surface area contributed by atoms with Crippen LogP contribution in [-0.4, -0.2) is 23.6 Å². The number of nitro groups is 1. The fourth-order valence-electron chi connectivity index (χ4n) is 1.20. The molecule has 0 bridgehead atoms. The van der Waals surface area contributed by atoms with Gasteiger partial charge in [0.25, 0.3) is 0 Å². The van der Waals surface area contributed by atoms with E-state index in [4.69, 9.17) is 0 Å². The molecule has 4 nitrogen and oxygen atoms in total. The van der Waals surface area contributed by atoms with E-state index in [2.05, 4.69) is 6.92 Å². The normalized spacial score (nSPS) is 10.0. The maximum absolute atomic E-state index is 10.2. The van der Waals surface area contributed by atoms with Crippen molar-refractivity contribution in [3.8, 4) is 0 Å². The van der Waals surface area contributed by atoms with Gasteiger partial charge < -0.3 is 0 Å². The molecule has 0 unspecified atom stereocenters. The highest BCUT2D eigenvalue weighted by molar-refractivity contribution is 4.45. The number of unbranched alkanes of at least 4 members (excludes halogenated alkanes) is 5. The maximum Gasteiger partial charge on any atom is 0.159 e. The van der Waals surface area contributed by atoms with Gasteiger partial charge in [-0.25, -0.2) is 10.1 Å². The van der Waals surface area contributed by atoms with Crippen LogP contribution in [-0.2, 0) is 0 Å². The zero-order chi connectivity index (χ0) is 10.1. The van der Waals surface area contributed by atoms with Crippen LogP contribution in [0.3, 0.4) is 0 Å². The predicted octanol–water partition coefficient (Wildman–Crippen LogP) is 2.47. The molecule has 0 aromatic heterocycles. The Bertz CT molecular complexity index is 140. The van der Waals surface area contributed by atoms with E-state index < -0.39 is 0 Å². The van der Waals surface area contributed by atoms with E-state index in [1.54, 1.807) is 0 Å². The largest absolute Gasteiger partial charge is 0.235 e. The van der Waals surface area contributed by atoms with Crippen LogP contribution in [0.1, 0.15) is 45.4 Å². The van der Waals surface area contributed by atoms with Gasteiger partial charge in [-0.3, -0.25) is 0 Å². The molecular formula is C9H20N2O2.